The Morgan fingerprint density at radius 1 is 0.903 bits per heavy atom. The number of aliphatic hydroxyl groups excluding tert-OH is 2. The number of nitrogens with zero attached hydrogens (tertiary/aromatic N) is 1. The third-order valence-corrected chi connectivity index (χ3v) is 5.37. The van der Waals surface area contributed by atoms with Crippen LogP contribution in [0, 0.1) is 0 Å². The summed E-state index contributed by atoms with van der Waals surface area (Å²) >= 11 is 0. The van der Waals surface area contributed by atoms with Crippen molar-refractivity contribution in [1.82, 2.24) is 15.5 Å². The van der Waals surface area contributed by atoms with E-state index in [9.17, 15) is 15.0 Å². The van der Waals surface area contributed by atoms with Crippen molar-refractivity contribution in [2.45, 2.75) is 25.2 Å². The van der Waals surface area contributed by atoms with Gasteiger partial charge in [0.05, 0.1) is 11.8 Å². The molecule has 4 N–H and O–H groups in total. The van der Waals surface area contributed by atoms with Crippen molar-refractivity contribution in [1.29, 1.82) is 0 Å². The smallest absolute Gasteiger partial charge is 0.264 e. The van der Waals surface area contributed by atoms with Crippen molar-refractivity contribution in [2.24, 2.45) is 0 Å². The summed E-state index contributed by atoms with van der Waals surface area (Å²) in [5.41, 5.74) is 3.50. The summed E-state index contributed by atoms with van der Waals surface area (Å²) in [5, 5.41) is 32.5. The summed E-state index contributed by atoms with van der Waals surface area (Å²) in [7, 11) is 0. The van der Waals surface area contributed by atoms with Crippen LogP contribution in [0.3, 0.4) is 0 Å². The van der Waals surface area contributed by atoms with Gasteiger partial charge in [-0.1, -0.05) is 66.7 Å². The maximum absolute atomic E-state index is 11.1. The van der Waals surface area contributed by atoms with Crippen molar-refractivity contribution in [3.05, 3.63) is 100 Å². The van der Waals surface area contributed by atoms with Crippen molar-refractivity contribution in [3.63, 3.8) is 0 Å². The summed E-state index contributed by atoms with van der Waals surface area (Å²) in [6.07, 6.45) is -0.837. The largest absolute Gasteiger partial charge is 0.389 e. The molecule has 1 heterocycles. The summed E-state index contributed by atoms with van der Waals surface area (Å²) in [6.45, 7) is 0.532. The Morgan fingerprint density at radius 3 is 2.45 bits per heavy atom. The fourth-order valence-electron chi connectivity index (χ4n) is 3.66. The van der Waals surface area contributed by atoms with Crippen LogP contribution in [0.15, 0.2) is 83.7 Å². The molecule has 0 spiro atoms. The van der Waals surface area contributed by atoms with Gasteiger partial charge in [0, 0.05) is 24.6 Å². The topological polar surface area (TPSA) is 98.2 Å². The van der Waals surface area contributed by atoms with Gasteiger partial charge >= 0.3 is 0 Å². The summed E-state index contributed by atoms with van der Waals surface area (Å²) in [6, 6.07) is 25.0. The Kier molecular flexibility index (Phi) is 6.52. The lowest BCUT2D eigenvalue weighted by Gasteiger charge is -2.20. The van der Waals surface area contributed by atoms with Gasteiger partial charge in [0.2, 0.25) is 0 Å². The summed E-state index contributed by atoms with van der Waals surface area (Å²) < 4.78 is 0. The number of aromatic nitrogens is 2. The lowest BCUT2D eigenvalue weighted by Crippen LogP contribution is -2.41. The number of rotatable bonds is 8. The van der Waals surface area contributed by atoms with Gasteiger partial charge in [-0.15, -0.1) is 0 Å². The first kappa shape index (κ1) is 20.9. The van der Waals surface area contributed by atoms with E-state index in [0.717, 1.165) is 27.5 Å². The Hall–Kier alpha value is -3.32. The van der Waals surface area contributed by atoms with Crippen LogP contribution in [0.2, 0.25) is 0 Å². The molecular weight excluding hydrogens is 390 g/mol. The molecule has 0 aliphatic carbocycles. The molecule has 1 aromatic heterocycles. The number of H-pyrrole nitrogens is 1. The van der Waals surface area contributed by atoms with Gasteiger partial charge in [-0.3, -0.25) is 10.1 Å². The highest BCUT2D eigenvalue weighted by Crippen LogP contribution is 2.20. The number of fused-ring (bicyclic) bond motifs is 1. The third-order valence-electron chi connectivity index (χ3n) is 5.37. The van der Waals surface area contributed by atoms with Crippen LogP contribution >= 0.6 is 0 Å². The molecule has 3 aromatic carbocycles. The minimum Gasteiger partial charge on any atom is -0.389 e. The first-order valence-electron chi connectivity index (χ1n) is 10.3. The second kappa shape index (κ2) is 9.66. The summed E-state index contributed by atoms with van der Waals surface area (Å²) in [4.78, 5) is 11.1. The van der Waals surface area contributed by atoms with Gasteiger partial charge in [0.1, 0.15) is 6.23 Å². The monoisotopic (exact) mass is 415 g/mol. The minimum absolute atomic E-state index is 0.229. The molecule has 0 amide bonds. The van der Waals surface area contributed by atoms with Crippen LogP contribution in [-0.2, 0) is 12.8 Å². The molecule has 0 bridgehead atoms. The Balaban J connectivity index is 1.30. The van der Waals surface area contributed by atoms with Gasteiger partial charge in [-0.2, -0.15) is 5.10 Å². The van der Waals surface area contributed by atoms with Gasteiger partial charge < -0.3 is 10.2 Å². The highest BCUT2D eigenvalue weighted by atomic mass is 16.3. The number of aromatic amines is 1. The minimum atomic E-state index is -1.01. The Morgan fingerprint density at radius 2 is 1.68 bits per heavy atom. The van der Waals surface area contributed by atoms with Crippen molar-refractivity contribution >= 4 is 10.8 Å². The van der Waals surface area contributed by atoms with Crippen molar-refractivity contribution in [3.8, 4) is 11.3 Å². The number of nitrogens with one attached hydrogen (secondary N) is 2. The zero-order valence-corrected chi connectivity index (χ0v) is 17.0. The second-order valence-corrected chi connectivity index (χ2v) is 7.56. The standard InChI is InChI=1S/C25H25N3O3/c29-23(16-20-6-3-5-18-4-1-2-7-21(18)20)25(31)26-15-14-17-8-10-19(11-9-17)22-12-13-24(30)28-27-22/h1-13,23,25-26,29,31H,14-16H2,(H,28,30). The fourth-order valence-corrected chi connectivity index (χ4v) is 3.66. The molecule has 2 unspecified atom stereocenters. The second-order valence-electron chi connectivity index (χ2n) is 7.56. The molecule has 0 radical (unpaired) electrons. The van der Waals surface area contributed by atoms with Crippen LogP contribution < -0.4 is 10.9 Å². The average Bonchev–Trinajstić information content (AvgIpc) is 2.80. The highest BCUT2D eigenvalue weighted by molar-refractivity contribution is 5.85. The molecule has 4 aromatic rings. The van der Waals surface area contributed by atoms with E-state index in [1.54, 1.807) is 6.07 Å². The van der Waals surface area contributed by atoms with E-state index in [4.69, 9.17) is 0 Å². The molecule has 2 atom stereocenters. The average molecular weight is 415 g/mol. The number of aliphatic hydroxyl groups is 2. The molecule has 6 heteroatoms. The van der Waals surface area contributed by atoms with Crippen LogP contribution in [0.25, 0.3) is 22.0 Å². The molecule has 158 valence electrons. The maximum atomic E-state index is 11.1. The molecule has 0 fully saturated rings. The Labute approximate surface area is 180 Å². The lowest BCUT2D eigenvalue weighted by molar-refractivity contribution is -0.000406. The SMILES string of the molecule is O=c1ccc(-c2ccc(CCNC(O)C(O)Cc3cccc4ccccc34)cc2)n[nH]1. The van der Waals surface area contributed by atoms with Gasteiger partial charge in [0.25, 0.3) is 5.56 Å². The normalized spacial score (nSPS) is 13.2. The highest BCUT2D eigenvalue weighted by Gasteiger charge is 2.17. The quantitative estimate of drug-likeness (QED) is 0.332. The number of benzene rings is 3. The molecule has 0 aliphatic heterocycles. The molecule has 4 rings (SSSR count). The van der Waals surface area contributed by atoms with Gasteiger partial charge in [-0.05, 0) is 34.4 Å². The summed E-state index contributed by atoms with van der Waals surface area (Å²) in [5.74, 6) is 0. The van der Waals surface area contributed by atoms with E-state index < -0.39 is 12.3 Å². The van der Waals surface area contributed by atoms with Crippen LogP contribution in [0.1, 0.15) is 11.1 Å². The molecule has 0 aliphatic rings. The van der Waals surface area contributed by atoms with E-state index in [1.165, 1.54) is 6.07 Å². The van der Waals surface area contributed by atoms with Crippen LogP contribution in [-0.4, -0.2) is 39.3 Å². The van der Waals surface area contributed by atoms with E-state index in [1.807, 2.05) is 66.7 Å². The van der Waals surface area contributed by atoms with Gasteiger partial charge in [-0.25, -0.2) is 5.10 Å². The zero-order chi connectivity index (χ0) is 21.6. The third kappa shape index (κ3) is 5.24. The Bertz CT molecular complexity index is 1180. The van der Waals surface area contributed by atoms with E-state index in [-0.39, 0.29) is 5.56 Å². The first-order chi connectivity index (χ1) is 15.1. The van der Waals surface area contributed by atoms with E-state index in [0.29, 0.717) is 25.1 Å². The fraction of sp³-hybridized carbons (Fsp3) is 0.200. The first-order valence-corrected chi connectivity index (χ1v) is 10.3. The van der Waals surface area contributed by atoms with Crippen LogP contribution in [0.4, 0.5) is 0 Å². The zero-order valence-electron chi connectivity index (χ0n) is 17.0. The van der Waals surface area contributed by atoms with Crippen molar-refractivity contribution < 1.29 is 10.2 Å². The molecule has 6 nitrogen and oxygen atoms in total. The van der Waals surface area contributed by atoms with E-state index in [2.05, 4.69) is 15.5 Å². The molecule has 0 saturated heterocycles. The van der Waals surface area contributed by atoms with Gasteiger partial charge in [0.15, 0.2) is 0 Å². The molecule has 0 saturated carbocycles. The molecular formula is C25H25N3O3. The lowest BCUT2D eigenvalue weighted by atomic mass is 9.99. The van der Waals surface area contributed by atoms with E-state index >= 15 is 0 Å². The molecule has 31 heavy (non-hydrogen) atoms. The number of hydrogen-bond donors (Lipinski definition) is 4. The van der Waals surface area contributed by atoms with Crippen molar-refractivity contribution in [2.75, 3.05) is 6.54 Å². The maximum Gasteiger partial charge on any atom is 0.264 e. The predicted molar refractivity (Wildman–Crippen MR) is 122 cm³/mol. The number of hydrogen-bond acceptors (Lipinski definition) is 5. The predicted octanol–water partition coefficient (Wildman–Crippen LogP) is 2.64. The van der Waals surface area contributed by atoms with Crippen LogP contribution in [0.5, 0.6) is 0 Å².